The number of rotatable bonds is 7. The highest BCUT2D eigenvalue weighted by molar-refractivity contribution is 6.66. The number of hydrogen-bond donors (Lipinski definition) is 0. The fraction of sp³-hybridized carbons (Fsp3) is 1.00. The van der Waals surface area contributed by atoms with Crippen LogP contribution in [0, 0.1) is 0 Å². The average Bonchev–Trinajstić information content (AvgIpc) is 2.98. The first-order valence-corrected chi connectivity index (χ1v) is 7.45. The van der Waals surface area contributed by atoms with Gasteiger partial charge in [0.05, 0.1) is 19.3 Å². The molecule has 5 heteroatoms. The van der Waals surface area contributed by atoms with Gasteiger partial charge in [0.2, 0.25) is 0 Å². The van der Waals surface area contributed by atoms with Crippen molar-refractivity contribution in [1.82, 2.24) is 0 Å². The van der Waals surface area contributed by atoms with Crippen LogP contribution in [0.1, 0.15) is 6.92 Å². The highest BCUT2D eigenvalue weighted by Crippen LogP contribution is 2.17. The van der Waals surface area contributed by atoms with E-state index < -0.39 is 8.56 Å². The van der Waals surface area contributed by atoms with Crippen LogP contribution in [-0.4, -0.2) is 48.2 Å². The monoisotopic (exact) mass is 220 g/mol. The van der Waals surface area contributed by atoms with E-state index in [1.165, 1.54) is 0 Å². The summed E-state index contributed by atoms with van der Waals surface area (Å²) in [7, 11) is 1.42. The molecule has 0 radical (unpaired) electrons. The normalized spacial score (nSPS) is 23.6. The van der Waals surface area contributed by atoms with Crippen molar-refractivity contribution >= 4 is 8.56 Å². The Morgan fingerprint density at radius 3 is 2.43 bits per heavy atom. The van der Waals surface area contributed by atoms with Gasteiger partial charge in [-0.15, -0.1) is 0 Å². The van der Waals surface area contributed by atoms with Gasteiger partial charge in [-0.2, -0.15) is 0 Å². The molecule has 0 spiro atoms. The standard InChI is InChI=1S/C9H20O4Si/c1-8(12-5-9-6-13-9)7-14(4,10-2)11-3/h8-9H,5-7H2,1-4H3. The minimum absolute atomic E-state index is 0.177. The summed E-state index contributed by atoms with van der Waals surface area (Å²) in [5.74, 6) is 0. The molecule has 1 aliphatic rings. The summed E-state index contributed by atoms with van der Waals surface area (Å²) >= 11 is 0. The lowest BCUT2D eigenvalue weighted by Gasteiger charge is -2.25. The zero-order valence-corrected chi connectivity index (χ0v) is 10.4. The van der Waals surface area contributed by atoms with Gasteiger partial charge in [0.1, 0.15) is 6.10 Å². The lowest BCUT2D eigenvalue weighted by Crippen LogP contribution is -2.39. The molecule has 1 saturated heterocycles. The fourth-order valence-electron chi connectivity index (χ4n) is 1.27. The molecule has 0 aromatic heterocycles. The number of ether oxygens (including phenoxy) is 2. The highest BCUT2D eigenvalue weighted by Gasteiger charge is 2.32. The summed E-state index contributed by atoms with van der Waals surface area (Å²) < 4.78 is 21.5. The Hall–Kier alpha value is 0.0569. The molecule has 1 rings (SSSR count). The van der Waals surface area contributed by atoms with Crippen molar-refractivity contribution in [2.24, 2.45) is 0 Å². The fourth-order valence-corrected chi connectivity index (χ4v) is 2.93. The first-order valence-electron chi connectivity index (χ1n) is 4.93. The van der Waals surface area contributed by atoms with Crippen molar-refractivity contribution < 1.29 is 18.3 Å². The van der Waals surface area contributed by atoms with E-state index in [0.717, 1.165) is 12.7 Å². The topological polar surface area (TPSA) is 40.2 Å². The second-order valence-electron chi connectivity index (χ2n) is 3.85. The first-order chi connectivity index (χ1) is 6.59. The van der Waals surface area contributed by atoms with Crippen LogP contribution in [0.4, 0.5) is 0 Å². The van der Waals surface area contributed by atoms with E-state index in [1.807, 2.05) is 13.5 Å². The predicted molar refractivity (Wildman–Crippen MR) is 55.6 cm³/mol. The Morgan fingerprint density at radius 1 is 1.43 bits per heavy atom. The molecular formula is C9H20O4Si. The number of hydrogen-bond acceptors (Lipinski definition) is 4. The van der Waals surface area contributed by atoms with Crippen LogP contribution in [0.5, 0.6) is 0 Å². The molecule has 0 bridgehead atoms. The summed E-state index contributed by atoms with van der Waals surface area (Å²) in [5.41, 5.74) is 0. The molecule has 0 aromatic carbocycles. The molecular weight excluding hydrogens is 200 g/mol. The van der Waals surface area contributed by atoms with Crippen molar-refractivity contribution in [3.63, 3.8) is 0 Å². The van der Waals surface area contributed by atoms with Crippen LogP contribution < -0.4 is 0 Å². The molecule has 84 valence electrons. The van der Waals surface area contributed by atoms with Gasteiger partial charge in [0.25, 0.3) is 0 Å². The Morgan fingerprint density at radius 2 is 2.00 bits per heavy atom. The zero-order valence-electron chi connectivity index (χ0n) is 9.41. The SMILES string of the molecule is CO[Si](C)(CC(C)OCC1CO1)OC. The Balaban J connectivity index is 2.18. The molecule has 1 heterocycles. The van der Waals surface area contributed by atoms with Crippen LogP contribution in [-0.2, 0) is 18.3 Å². The molecule has 0 aromatic rings. The molecule has 0 N–H and O–H groups in total. The molecule has 1 aliphatic heterocycles. The van der Waals surface area contributed by atoms with Crippen LogP contribution in [0.3, 0.4) is 0 Å². The van der Waals surface area contributed by atoms with Crippen molar-refractivity contribution in [2.75, 3.05) is 27.4 Å². The maximum Gasteiger partial charge on any atom is 0.337 e. The van der Waals surface area contributed by atoms with E-state index >= 15 is 0 Å². The van der Waals surface area contributed by atoms with Crippen LogP contribution in [0.15, 0.2) is 0 Å². The molecule has 2 unspecified atom stereocenters. The van der Waals surface area contributed by atoms with E-state index in [0.29, 0.717) is 12.7 Å². The van der Waals surface area contributed by atoms with Crippen LogP contribution in [0.25, 0.3) is 0 Å². The largest absolute Gasteiger partial charge is 0.398 e. The molecule has 0 aliphatic carbocycles. The summed E-state index contributed by atoms with van der Waals surface area (Å²) in [5, 5.41) is 0. The maximum atomic E-state index is 5.61. The lowest BCUT2D eigenvalue weighted by molar-refractivity contribution is 0.0585. The van der Waals surface area contributed by atoms with Crippen molar-refractivity contribution in [1.29, 1.82) is 0 Å². The van der Waals surface area contributed by atoms with Gasteiger partial charge in [-0.3, -0.25) is 0 Å². The zero-order chi connectivity index (χ0) is 10.6. The smallest absolute Gasteiger partial charge is 0.337 e. The third-order valence-corrected chi connectivity index (χ3v) is 5.53. The van der Waals surface area contributed by atoms with Crippen molar-refractivity contribution in [2.45, 2.75) is 31.7 Å². The van der Waals surface area contributed by atoms with E-state index in [1.54, 1.807) is 14.2 Å². The average molecular weight is 220 g/mol. The van der Waals surface area contributed by atoms with E-state index in [9.17, 15) is 0 Å². The first kappa shape index (κ1) is 12.1. The molecule has 1 fully saturated rings. The molecule has 2 atom stereocenters. The van der Waals surface area contributed by atoms with Crippen molar-refractivity contribution in [3.05, 3.63) is 0 Å². The van der Waals surface area contributed by atoms with Crippen molar-refractivity contribution in [3.8, 4) is 0 Å². The summed E-state index contributed by atoms with van der Waals surface area (Å²) in [4.78, 5) is 0. The quantitative estimate of drug-likeness (QED) is 0.477. The summed E-state index contributed by atoms with van der Waals surface area (Å²) in [6.45, 7) is 5.63. The Kier molecular flexibility index (Phi) is 4.53. The molecule has 4 nitrogen and oxygen atoms in total. The van der Waals surface area contributed by atoms with Gasteiger partial charge in [-0.05, 0) is 13.5 Å². The van der Waals surface area contributed by atoms with E-state index in [-0.39, 0.29) is 6.10 Å². The molecule has 0 amide bonds. The summed E-state index contributed by atoms with van der Waals surface area (Å²) in [6, 6.07) is 0.854. The third kappa shape index (κ3) is 4.06. The second kappa shape index (κ2) is 5.23. The molecule has 14 heavy (non-hydrogen) atoms. The maximum absolute atomic E-state index is 5.61. The summed E-state index contributed by atoms with van der Waals surface area (Å²) in [6.07, 6.45) is 0.506. The Bertz CT molecular complexity index is 168. The number of epoxide rings is 1. The Labute approximate surface area is 86.7 Å². The lowest BCUT2D eigenvalue weighted by atomic mass is 10.4. The second-order valence-corrected chi connectivity index (χ2v) is 7.34. The minimum Gasteiger partial charge on any atom is -0.398 e. The van der Waals surface area contributed by atoms with Gasteiger partial charge >= 0.3 is 8.56 Å². The van der Waals surface area contributed by atoms with E-state index in [4.69, 9.17) is 18.3 Å². The van der Waals surface area contributed by atoms with Gasteiger partial charge in [0, 0.05) is 20.3 Å². The van der Waals surface area contributed by atoms with Gasteiger partial charge in [0.15, 0.2) is 0 Å². The van der Waals surface area contributed by atoms with E-state index in [2.05, 4.69) is 0 Å². The highest BCUT2D eigenvalue weighted by atomic mass is 28.4. The predicted octanol–water partition coefficient (Wildman–Crippen LogP) is 1.16. The van der Waals surface area contributed by atoms with Gasteiger partial charge < -0.3 is 18.3 Å². The van der Waals surface area contributed by atoms with Crippen LogP contribution >= 0.6 is 0 Å². The minimum atomic E-state index is -1.98. The van der Waals surface area contributed by atoms with Crippen LogP contribution in [0.2, 0.25) is 12.6 Å². The van der Waals surface area contributed by atoms with Gasteiger partial charge in [-0.25, -0.2) is 0 Å². The molecule has 0 saturated carbocycles. The van der Waals surface area contributed by atoms with Gasteiger partial charge in [-0.1, -0.05) is 0 Å². The third-order valence-electron chi connectivity index (χ3n) is 2.49.